The molecule has 1 aromatic carbocycles. The monoisotopic (exact) mass is 346 g/mol. The first kappa shape index (κ1) is 16.9. The van der Waals surface area contributed by atoms with Crippen molar-refractivity contribution in [3.8, 4) is 0 Å². The smallest absolute Gasteiger partial charge is 0.218 e. The lowest BCUT2D eigenvalue weighted by atomic mass is 10.1. The van der Waals surface area contributed by atoms with E-state index in [-0.39, 0.29) is 5.75 Å². The zero-order chi connectivity index (χ0) is 17.2. The molecule has 0 amide bonds. The lowest BCUT2D eigenvalue weighted by Crippen LogP contribution is -2.49. The Kier molecular flexibility index (Phi) is 4.82. The van der Waals surface area contributed by atoms with Crippen molar-refractivity contribution in [3.63, 3.8) is 0 Å². The number of anilines is 1. The van der Waals surface area contributed by atoms with Crippen molar-refractivity contribution in [2.75, 3.05) is 31.1 Å². The minimum absolute atomic E-state index is 0.0595. The molecule has 3 rings (SSSR count). The lowest BCUT2D eigenvalue weighted by molar-refractivity contribution is 0.383. The highest BCUT2D eigenvalue weighted by molar-refractivity contribution is 7.88. The van der Waals surface area contributed by atoms with Gasteiger partial charge in [-0.1, -0.05) is 24.3 Å². The van der Waals surface area contributed by atoms with Crippen molar-refractivity contribution in [1.29, 1.82) is 0 Å². The van der Waals surface area contributed by atoms with Crippen LogP contribution in [-0.2, 0) is 15.8 Å². The van der Waals surface area contributed by atoms with Gasteiger partial charge in [0.05, 0.1) is 11.4 Å². The topological polar surface area (TPSA) is 66.4 Å². The fourth-order valence-corrected chi connectivity index (χ4v) is 4.43. The summed E-state index contributed by atoms with van der Waals surface area (Å²) in [4.78, 5) is 2.08. The Labute approximate surface area is 143 Å². The Morgan fingerprint density at radius 1 is 0.958 bits per heavy atom. The molecule has 0 N–H and O–H groups in total. The van der Waals surface area contributed by atoms with E-state index in [1.165, 1.54) is 0 Å². The molecule has 2 aromatic rings. The summed E-state index contributed by atoms with van der Waals surface area (Å²) in [6.07, 6.45) is 0. The van der Waals surface area contributed by atoms with Crippen molar-refractivity contribution < 1.29 is 8.42 Å². The van der Waals surface area contributed by atoms with Gasteiger partial charge in [-0.05, 0) is 37.1 Å². The highest BCUT2D eigenvalue weighted by Crippen LogP contribution is 2.18. The quantitative estimate of drug-likeness (QED) is 0.844. The molecule has 0 aliphatic carbocycles. The van der Waals surface area contributed by atoms with Crippen LogP contribution in [0.15, 0.2) is 36.4 Å². The number of hydrogen-bond donors (Lipinski definition) is 0. The summed E-state index contributed by atoms with van der Waals surface area (Å²) < 4.78 is 26.9. The summed E-state index contributed by atoms with van der Waals surface area (Å²) in [7, 11) is -3.30. The van der Waals surface area contributed by atoms with Gasteiger partial charge in [-0.15, -0.1) is 5.10 Å². The van der Waals surface area contributed by atoms with Crippen LogP contribution >= 0.6 is 0 Å². The van der Waals surface area contributed by atoms with E-state index in [0.717, 1.165) is 22.6 Å². The van der Waals surface area contributed by atoms with E-state index < -0.39 is 10.0 Å². The van der Waals surface area contributed by atoms with Crippen molar-refractivity contribution in [3.05, 3.63) is 53.2 Å². The van der Waals surface area contributed by atoms with Gasteiger partial charge in [0.15, 0.2) is 5.82 Å². The summed E-state index contributed by atoms with van der Waals surface area (Å²) in [5, 5.41) is 8.24. The molecular formula is C17H22N4O2S. The molecular weight excluding hydrogens is 324 g/mol. The van der Waals surface area contributed by atoms with E-state index in [0.29, 0.717) is 26.2 Å². The van der Waals surface area contributed by atoms with Crippen LogP contribution in [0.1, 0.15) is 16.8 Å². The zero-order valence-electron chi connectivity index (χ0n) is 14.0. The summed E-state index contributed by atoms with van der Waals surface area (Å²) >= 11 is 0. The predicted octanol–water partition coefficient (Wildman–Crippen LogP) is 1.75. The third-order valence-corrected chi connectivity index (χ3v) is 6.17. The van der Waals surface area contributed by atoms with Crippen molar-refractivity contribution >= 4 is 15.8 Å². The van der Waals surface area contributed by atoms with Gasteiger partial charge in [0, 0.05) is 26.2 Å². The minimum atomic E-state index is -3.30. The number of rotatable bonds is 4. The highest BCUT2D eigenvalue weighted by atomic mass is 32.2. The fourth-order valence-electron chi connectivity index (χ4n) is 2.82. The summed E-state index contributed by atoms with van der Waals surface area (Å²) in [6, 6.07) is 11.5. The van der Waals surface area contributed by atoms with Gasteiger partial charge in [0.25, 0.3) is 0 Å². The van der Waals surface area contributed by atoms with Gasteiger partial charge in [0.1, 0.15) is 0 Å². The molecule has 0 spiro atoms. The second-order valence-electron chi connectivity index (χ2n) is 6.10. The van der Waals surface area contributed by atoms with E-state index in [1.54, 1.807) is 4.31 Å². The fraction of sp³-hybridized carbons (Fsp3) is 0.412. The predicted molar refractivity (Wildman–Crippen MR) is 94.4 cm³/mol. The Bertz CT molecular complexity index is 798. The van der Waals surface area contributed by atoms with Crippen molar-refractivity contribution in [2.45, 2.75) is 19.6 Å². The molecule has 1 aliphatic heterocycles. The zero-order valence-corrected chi connectivity index (χ0v) is 14.8. The average molecular weight is 346 g/mol. The van der Waals surface area contributed by atoms with Gasteiger partial charge < -0.3 is 4.90 Å². The van der Waals surface area contributed by atoms with Gasteiger partial charge in [-0.25, -0.2) is 8.42 Å². The first-order chi connectivity index (χ1) is 11.5. The number of nitrogens with zero attached hydrogens (tertiary/aromatic N) is 4. The number of benzene rings is 1. The maximum atomic E-state index is 12.7. The first-order valence-electron chi connectivity index (χ1n) is 8.03. The molecule has 1 saturated heterocycles. The molecule has 7 heteroatoms. The van der Waals surface area contributed by atoms with Gasteiger partial charge in [-0.3, -0.25) is 0 Å². The first-order valence-corrected chi connectivity index (χ1v) is 9.64. The molecule has 0 unspecified atom stereocenters. The van der Waals surface area contributed by atoms with E-state index in [2.05, 4.69) is 15.1 Å². The number of aromatic nitrogens is 2. The van der Waals surface area contributed by atoms with E-state index in [1.807, 2.05) is 50.2 Å². The van der Waals surface area contributed by atoms with Crippen LogP contribution in [-0.4, -0.2) is 49.1 Å². The third-order valence-electron chi connectivity index (χ3n) is 4.34. The number of hydrogen-bond acceptors (Lipinski definition) is 5. The molecule has 1 fully saturated rings. The lowest BCUT2D eigenvalue weighted by Gasteiger charge is -2.34. The normalized spacial score (nSPS) is 16.3. The van der Waals surface area contributed by atoms with Crippen LogP contribution in [0, 0.1) is 13.8 Å². The highest BCUT2D eigenvalue weighted by Gasteiger charge is 2.28. The molecule has 0 radical (unpaired) electrons. The number of piperazine rings is 1. The van der Waals surface area contributed by atoms with Gasteiger partial charge in [-0.2, -0.15) is 9.40 Å². The van der Waals surface area contributed by atoms with Crippen LogP contribution in [0.25, 0.3) is 0 Å². The van der Waals surface area contributed by atoms with Gasteiger partial charge in [0.2, 0.25) is 10.0 Å². The Morgan fingerprint density at radius 2 is 1.67 bits per heavy atom. The SMILES string of the molecule is Cc1ccc(N2CCN(S(=O)(=O)Cc3ccccc3C)CC2)nn1. The molecule has 0 saturated carbocycles. The third kappa shape index (κ3) is 3.73. The molecule has 0 bridgehead atoms. The molecule has 6 nitrogen and oxygen atoms in total. The molecule has 128 valence electrons. The van der Waals surface area contributed by atoms with Crippen LogP contribution in [0.3, 0.4) is 0 Å². The summed E-state index contributed by atoms with van der Waals surface area (Å²) in [5.41, 5.74) is 2.75. The molecule has 24 heavy (non-hydrogen) atoms. The standard InChI is InChI=1S/C17H22N4O2S/c1-14-5-3-4-6-16(14)13-24(22,23)21-11-9-20(10-12-21)17-8-7-15(2)18-19-17/h3-8H,9-13H2,1-2H3. The second kappa shape index (κ2) is 6.86. The van der Waals surface area contributed by atoms with Crippen molar-refractivity contribution in [1.82, 2.24) is 14.5 Å². The molecule has 0 atom stereocenters. The van der Waals surface area contributed by atoms with Crippen LogP contribution in [0.2, 0.25) is 0 Å². The van der Waals surface area contributed by atoms with E-state index in [9.17, 15) is 8.42 Å². The van der Waals surface area contributed by atoms with Crippen molar-refractivity contribution in [2.24, 2.45) is 0 Å². The molecule has 1 aliphatic rings. The molecule has 2 heterocycles. The number of sulfonamides is 1. The summed E-state index contributed by atoms with van der Waals surface area (Å²) in [6.45, 7) is 6.05. The van der Waals surface area contributed by atoms with Crippen LogP contribution < -0.4 is 4.90 Å². The maximum Gasteiger partial charge on any atom is 0.218 e. The van der Waals surface area contributed by atoms with Crippen LogP contribution in [0.5, 0.6) is 0 Å². The largest absolute Gasteiger partial charge is 0.352 e. The summed E-state index contributed by atoms with van der Waals surface area (Å²) in [5.74, 6) is 0.862. The van der Waals surface area contributed by atoms with Gasteiger partial charge >= 0.3 is 0 Å². The Hall–Kier alpha value is -1.99. The van der Waals surface area contributed by atoms with Crippen LogP contribution in [0.4, 0.5) is 5.82 Å². The Morgan fingerprint density at radius 3 is 2.29 bits per heavy atom. The van der Waals surface area contributed by atoms with E-state index in [4.69, 9.17) is 0 Å². The maximum absolute atomic E-state index is 12.7. The minimum Gasteiger partial charge on any atom is -0.352 e. The molecule has 1 aromatic heterocycles. The average Bonchev–Trinajstić information content (AvgIpc) is 2.58. The van der Waals surface area contributed by atoms with E-state index >= 15 is 0 Å². The Balaban J connectivity index is 1.65. The second-order valence-corrected chi connectivity index (χ2v) is 8.07. The number of aryl methyl sites for hydroxylation is 2.